The van der Waals surface area contributed by atoms with Crippen LogP contribution < -0.4 is 0 Å². The van der Waals surface area contributed by atoms with Gasteiger partial charge in [-0.05, 0) is 115 Å². The number of fused-ring (bicyclic) bond motifs is 13. The van der Waals surface area contributed by atoms with E-state index in [4.69, 9.17) is 4.42 Å². The highest BCUT2D eigenvalue weighted by atomic mass is 16.3. The van der Waals surface area contributed by atoms with E-state index in [1.165, 1.54) is 70.9 Å². The fraction of sp³-hybridized carbons (Fsp3) is 0. The lowest BCUT2D eigenvalue weighted by molar-refractivity contribution is 0.669. The number of nitrogens with zero attached hydrogens (tertiary/aromatic N) is 4. The first kappa shape index (κ1) is 36.3. The minimum Gasteiger partial charge on any atom is -0.456 e. The van der Waals surface area contributed by atoms with Gasteiger partial charge >= 0.3 is 0 Å². The van der Waals surface area contributed by atoms with Crippen LogP contribution in [0.25, 0.3) is 132 Å². The Labute approximate surface area is 383 Å². The van der Waals surface area contributed by atoms with E-state index in [0.717, 1.165) is 61.4 Å². The molecule has 312 valence electrons. The van der Waals surface area contributed by atoms with Gasteiger partial charge in [0.25, 0.3) is 0 Å². The first-order valence-electron chi connectivity index (χ1n) is 22.9. The van der Waals surface area contributed by atoms with Crippen molar-refractivity contribution >= 4 is 98.3 Å². The van der Waals surface area contributed by atoms with Crippen LogP contribution >= 0.6 is 0 Å². The summed E-state index contributed by atoms with van der Waals surface area (Å²) < 4.78 is 16.3. The summed E-state index contributed by atoms with van der Waals surface area (Å²) in [4.78, 5) is 0. The predicted octanol–water partition coefficient (Wildman–Crippen LogP) is 16.5. The van der Waals surface area contributed by atoms with Gasteiger partial charge in [-0.3, -0.25) is 0 Å². The standard InChI is InChI=1S/C62H38N4O/c1-2-14-39(15-3-1)60-34-40-16-4-9-21-53(40)63(60)43-28-32-61-51(37-43)52-38-44(29-33-62(52)67-61)66-58-30-26-41(64-54-22-10-5-17-45(54)46-18-6-11-23-55(46)64)35-49(58)50-36-42(27-31-59(50)66)65-56-24-12-7-19-47(56)48-20-8-13-25-57(48)65/h1-38H. The first-order chi connectivity index (χ1) is 33.2. The quantitative estimate of drug-likeness (QED) is 0.170. The lowest BCUT2D eigenvalue weighted by Crippen LogP contribution is -1.97. The topological polar surface area (TPSA) is 32.9 Å². The molecule has 0 bridgehead atoms. The molecule has 5 heterocycles. The molecule has 0 aliphatic heterocycles. The highest BCUT2D eigenvalue weighted by molar-refractivity contribution is 6.15. The summed E-state index contributed by atoms with van der Waals surface area (Å²) in [5, 5.41) is 10.7. The molecule has 0 aliphatic carbocycles. The van der Waals surface area contributed by atoms with Crippen LogP contribution in [0.3, 0.4) is 0 Å². The van der Waals surface area contributed by atoms with Gasteiger partial charge in [-0.2, -0.15) is 0 Å². The molecular weight excluding hydrogens is 817 g/mol. The summed E-state index contributed by atoms with van der Waals surface area (Å²) in [5.41, 5.74) is 16.7. The van der Waals surface area contributed by atoms with Crippen molar-refractivity contribution in [2.75, 3.05) is 0 Å². The highest BCUT2D eigenvalue weighted by Gasteiger charge is 2.21. The van der Waals surface area contributed by atoms with Crippen LogP contribution in [0, 0.1) is 0 Å². The second-order valence-corrected chi connectivity index (χ2v) is 17.7. The molecule has 10 aromatic carbocycles. The summed E-state index contributed by atoms with van der Waals surface area (Å²) in [7, 11) is 0. The Morgan fingerprint density at radius 2 is 0.597 bits per heavy atom. The van der Waals surface area contributed by atoms with Crippen molar-refractivity contribution in [1.82, 2.24) is 18.3 Å². The molecule has 0 saturated carbocycles. The Balaban J connectivity index is 0.976. The van der Waals surface area contributed by atoms with Crippen LogP contribution in [0.4, 0.5) is 0 Å². The van der Waals surface area contributed by atoms with Gasteiger partial charge in [0.1, 0.15) is 11.2 Å². The van der Waals surface area contributed by atoms with Crippen LogP contribution in [0.15, 0.2) is 235 Å². The van der Waals surface area contributed by atoms with E-state index >= 15 is 0 Å². The Kier molecular flexibility index (Phi) is 7.44. The molecule has 15 rings (SSSR count). The summed E-state index contributed by atoms with van der Waals surface area (Å²) in [6.07, 6.45) is 0. The number of para-hydroxylation sites is 5. The van der Waals surface area contributed by atoms with Gasteiger partial charge in [0.05, 0.1) is 44.3 Å². The zero-order valence-corrected chi connectivity index (χ0v) is 36.1. The maximum atomic E-state index is 6.61. The zero-order valence-electron chi connectivity index (χ0n) is 36.1. The zero-order chi connectivity index (χ0) is 43.7. The number of benzene rings is 10. The van der Waals surface area contributed by atoms with E-state index in [-0.39, 0.29) is 0 Å². The monoisotopic (exact) mass is 854 g/mol. The molecule has 0 aliphatic rings. The summed E-state index contributed by atoms with van der Waals surface area (Å²) in [6.45, 7) is 0. The van der Waals surface area contributed by atoms with Crippen molar-refractivity contribution in [3.63, 3.8) is 0 Å². The van der Waals surface area contributed by atoms with E-state index in [1.807, 2.05) is 0 Å². The number of rotatable bonds is 5. The molecule has 0 fully saturated rings. The summed E-state index contributed by atoms with van der Waals surface area (Å²) in [6, 6.07) is 83.8. The summed E-state index contributed by atoms with van der Waals surface area (Å²) in [5.74, 6) is 0. The Morgan fingerprint density at radius 1 is 0.239 bits per heavy atom. The molecule has 15 aromatic rings. The average Bonchev–Trinajstić information content (AvgIpc) is 4.20. The SMILES string of the molecule is c1ccc(-c2cc3ccccc3n2-c2ccc3oc4ccc(-n5c6ccc(-n7c8ccccc8c8ccccc87)cc6c6cc(-n7c8ccccc8c8ccccc87)ccc65)cc4c3c2)cc1. The molecule has 0 atom stereocenters. The molecular formula is C62H38N4O. The molecule has 0 unspecified atom stereocenters. The Morgan fingerprint density at radius 3 is 1.07 bits per heavy atom. The van der Waals surface area contributed by atoms with Crippen molar-refractivity contribution in [3.05, 3.63) is 231 Å². The Bertz CT molecular complexity index is 4240. The number of hydrogen-bond donors (Lipinski definition) is 0. The maximum Gasteiger partial charge on any atom is 0.135 e. The minimum absolute atomic E-state index is 0.861. The van der Waals surface area contributed by atoms with Crippen molar-refractivity contribution in [3.8, 4) is 34.0 Å². The second-order valence-electron chi connectivity index (χ2n) is 17.7. The predicted molar refractivity (Wildman–Crippen MR) is 279 cm³/mol. The van der Waals surface area contributed by atoms with Crippen molar-refractivity contribution < 1.29 is 4.42 Å². The molecule has 0 saturated heterocycles. The van der Waals surface area contributed by atoms with Gasteiger partial charge in [0.2, 0.25) is 0 Å². The van der Waals surface area contributed by atoms with Crippen LogP contribution in [-0.4, -0.2) is 18.3 Å². The highest BCUT2D eigenvalue weighted by Crippen LogP contribution is 2.42. The fourth-order valence-electron chi connectivity index (χ4n) is 11.2. The van der Waals surface area contributed by atoms with Gasteiger partial charge in [0, 0.05) is 71.2 Å². The third kappa shape index (κ3) is 5.19. The summed E-state index contributed by atoms with van der Waals surface area (Å²) >= 11 is 0. The maximum absolute atomic E-state index is 6.61. The van der Waals surface area contributed by atoms with Crippen molar-refractivity contribution in [1.29, 1.82) is 0 Å². The van der Waals surface area contributed by atoms with Crippen LogP contribution in [0.2, 0.25) is 0 Å². The van der Waals surface area contributed by atoms with Crippen molar-refractivity contribution in [2.24, 2.45) is 0 Å². The Hall–Kier alpha value is -9.06. The average molecular weight is 855 g/mol. The van der Waals surface area contributed by atoms with Crippen LogP contribution in [0.1, 0.15) is 0 Å². The van der Waals surface area contributed by atoms with Crippen LogP contribution in [-0.2, 0) is 0 Å². The van der Waals surface area contributed by atoms with E-state index in [1.54, 1.807) is 0 Å². The molecule has 0 N–H and O–H groups in total. The van der Waals surface area contributed by atoms with Crippen LogP contribution in [0.5, 0.6) is 0 Å². The smallest absolute Gasteiger partial charge is 0.135 e. The van der Waals surface area contributed by atoms with E-state index in [9.17, 15) is 0 Å². The third-order valence-corrected chi connectivity index (χ3v) is 14.1. The number of aromatic nitrogens is 4. The molecule has 5 nitrogen and oxygen atoms in total. The van der Waals surface area contributed by atoms with Gasteiger partial charge in [-0.1, -0.05) is 121 Å². The van der Waals surface area contributed by atoms with Gasteiger partial charge in [0.15, 0.2) is 0 Å². The van der Waals surface area contributed by atoms with Gasteiger partial charge in [-0.15, -0.1) is 0 Å². The number of hydrogen-bond acceptors (Lipinski definition) is 1. The van der Waals surface area contributed by atoms with E-state index < -0.39 is 0 Å². The molecule has 0 amide bonds. The van der Waals surface area contributed by atoms with Gasteiger partial charge < -0.3 is 22.7 Å². The van der Waals surface area contributed by atoms with Gasteiger partial charge in [-0.25, -0.2) is 0 Å². The number of furan rings is 1. The van der Waals surface area contributed by atoms with E-state index in [2.05, 4.69) is 249 Å². The minimum atomic E-state index is 0.861. The first-order valence-corrected chi connectivity index (χ1v) is 22.9. The molecule has 67 heavy (non-hydrogen) atoms. The lowest BCUT2D eigenvalue weighted by atomic mass is 10.1. The lowest BCUT2D eigenvalue weighted by Gasteiger charge is -2.12. The third-order valence-electron chi connectivity index (χ3n) is 14.1. The second kappa shape index (κ2) is 13.7. The normalized spacial score (nSPS) is 12.2. The largest absolute Gasteiger partial charge is 0.456 e. The molecule has 5 heteroatoms. The van der Waals surface area contributed by atoms with E-state index in [0.29, 0.717) is 0 Å². The fourth-order valence-corrected chi connectivity index (χ4v) is 11.2. The molecule has 5 aromatic heterocycles. The van der Waals surface area contributed by atoms with Crippen molar-refractivity contribution in [2.45, 2.75) is 0 Å². The molecule has 0 radical (unpaired) electrons. The molecule has 0 spiro atoms.